The summed E-state index contributed by atoms with van der Waals surface area (Å²) in [6.45, 7) is 0. The summed E-state index contributed by atoms with van der Waals surface area (Å²) in [6.07, 6.45) is 6.98. The summed E-state index contributed by atoms with van der Waals surface area (Å²) in [5, 5.41) is 16.3. The Balaban J connectivity index is 1.25. The third kappa shape index (κ3) is 3.31. The largest absolute Gasteiger partial charge is 0.508 e. The first-order chi connectivity index (χ1) is 14.9. The lowest BCUT2D eigenvalue weighted by Gasteiger charge is -2.35. The maximum atomic E-state index is 14.0. The second-order valence-electron chi connectivity index (χ2n) is 7.85. The van der Waals surface area contributed by atoms with Crippen molar-refractivity contribution >= 4 is 17.7 Å². The molecule has 0 unspecified atom stereocenters. The van der Waals surface area contributed by atoms with Crippen molar-refractivity contribution in [1.82, 2.24) is 14.8 Å². The molecule has 1 aromatic carbocycles. The molecule has 1 spiro atoms. The van der Waals surface area contributed by atoms with Gasteiger partial charge in [-0.25, -0.2) is 13.9 Å². The Labute approximate surface area is 176 Å². The molecule has 1 aliphatic carbocycles. The summed E-state index contributed by atoms with van der Waals surface area (Å²) in [4.78, 5) is 29.1. The van der Waals surface area contributed by atoms with Crippen molar-refractivity contribution in [3.63, 3.8) is 0 Å². The lowest BCUT2D eigenvalue weighted by atomic mass is 9.75. The summed E-state index contributed by atoms with van der Waals surface area (Å²) in [7, 11) is 0. The van der Waals surface area contributed by atoms with Crippen LogP contribution in [0.5, 0.6) is 5.75 Å². The number of pyridine rings is 1. The van der Waals surface area contributed by atoms with Crippen molar-refractivity contribution < 1.29 is 23.8 Å². The first-order valence-corrected chi connectivity index (χ1v) is 9.98. The lowest BCUT2D eigenvalue weighted by Crippen LogP contribution is -2.36. The van der Waals surface area contributed by atoms with Crippen molar-refractivity contribution in [2.45, 2.75) is 31.3 Å². The van der Waals surface area contributed by atoms with Crippen LogP contribution in [-0.4, -0.2) is 31.7 Å². The number of benzene rings is 1. The maximum Gasteiger partial charge on any atom is 0.339 e. The normalized spacial score (nSPS) is 22.2. The van der Waals surface area contributed by atoms with Gasteiger partial charge < -0.3 is 15.2 Å². The number of phenols is 1. The van der Waals surface area contributed by atoms with Crippen LogP contribution in [0, 0.1) is 11.7 Å². The van der Waals surface area contributed by atoms with Crippen molar-refractivity contribution in [1.29, 1.82) is 0 Å². The van der Waals surface area contributed by atoms with Gasteiger partial charge in [0.2, 0.25) is 5.91 Å². The van der Waals surface area contributed by atoms with E-state index >= 15 is 0 Å². The number of hydrogen-bond donors (Lipinski definition) is 2. The standard InChI is InChI=1S/C22H19FN4O4/c23-17-11-14(28)1-2-18(17)27-10-6-19(26-27)25-20(29)13-3-7-22(8-4-13)16-12-24-9-5-15(16)21(30)31-22/h1-2,5-6,9-13,28H,3-4,7-8H2,(H,25,26,29). The van der Waals surface area contributed by atoms with Crippen LogP contribution in [0.3, 0.4) is 0 Å². The molecule has 8 nitrogen and oxygen atoms in total. The van der Waals surface area contributed by atoms with Crippen molar-refractivity contribution in [3.8, 4) is 11.4 Å². The van der Waals surface area contributed by atoms with E-state index in [1.54, 1.807) is 24.5 Å². The third-order valence-corrected chi connectivity index (χ3v) is 6.00. The zero-order chi connectivity index (χ0) is 21.6. The quantitative estimate of drug-likeness (QED) is 0.628. The molecule has 2 aliphatic rings. The second kappa shape index (κ2) is 7.19. The van der Waals surface area contributed by atoms with Gasteiger partial charge in [0.1, 0.15) is 17.0 Å². The molecule has 0 saturated heterocycles. The second-order valence-corrected chi connectivity index (χ2v) is 7.85. The lowest BCUT2D eigenvalue weighted by molar-refractivity contribution is -0.122. The molecule has 3 aromatic rings. The van der Waals surface area contributed by atoms with E-state index < -0.39 is 11.4 Å². The number of hydrogen-bond acceptors (Lipinski definition) is 6. The number of carbonyl (C=O) groups is 2. The number of phenolic OH excluding ortho intramolecular Hbond substituents is 1. The zero-order valence-corrected chi connectivity index (χ0v) is 16.4. The smallest absolute Gasteiger partial charge is 0.339 e. The van der Waals surface area contributed by atoms with E-state index in [9.17, 15) is 19.1 Å². The van der Waals surface area contributed by atoms with E-state index in [4.69, 9.17) is 4.74 Å². The highest BCUT2D eigenvalue weighted by molar-refractivity contribution is 5.95. The van der Waals surface area contributed by atoms with Gasteiger partial charge in [0.25, 0.3) is 0 Å². The van der Waals surface area contributed by atoms with Gasteiger partial charge >= 0.3 is 5.97 Å². The number of esters is 1. The number of ether oxygens (including phenoxy) is 1. The molecule has 9 heteroatoms. The molecular weight excluding hydrogens is 403 g/mol. The summed E-state index contributed by atoms with van der Waals surface area (Å²) in [5.74, 6) is -1.27. The Bertz CT molecular complexity index is 1180. The molecule has 158 valence electrons. The van der Waals surface area contributed by atoms with Gasteiger partial charge in [-0.3, -0.25) is 9.78 Å². The van der Waals surface area contributed by atoms with Gasteiger partial charge in [0.05, 0.1) is 5.56 Å². The van der Waals surface area contributed by atoms with Crippen molar-refractivity contribution in [2.24, 2.45) is 5.92 Å². The minimum absolute atomic E-state index is 0.160. The zero-order valence-electron chi connectivity index (χ0n) is 16.4. The van der Waals surface area contributed by atoms with E-state index in [-0.39, 0.29) is 29.2 Å². The number of halogens is 1. The number of aromatic nitrogens is 3. The third-order valence-electron chi connectivity index (χ3n) is 6.00. The maximum absolute atomic E-state index is 14.0. The van der Waals surface area contributed by atoms with Crippen LogP contribution in [0.4, 0.5) is 10.2 Å². The molecule has 0 bridgehead atoms. The number of carbonyl (C=O) groups excluding carboxylic acids is 2. The van der Waals surface area contributed by atoms with Crippen LogP contribution >= 0.6 is 0 Å². The van der Waals surface area contributed by atoms with Gasteiger partial charge in [0, 0.05) is 42.2 Å². The number of anilines is 1. The molecule has 2 aromatic heterocycles. The minimum Gasteiger partial charge on any atom is -0.508 e. The minimum atomic E-state index is -0.699. The van der Waals surface area contributed by atoms with Gasteiger partial charge in [-0.05, 0) is 43.9 Å². The van der Waals surface area contributed by atoms with Crippen LogP contribution in [0.25, 0.3) is 5.69 Å². The van der Waals surface area contributed by atoms with Gasteiger partial charge in [-0.1, -0.05) is 0 Å². The van der Waals surface area contributed by atoms with E-state index in [1.165, 1.54) is 23.0 Å². The fourth-order valence-electron chi connectivity index (χ4n) is 4.38. The average Bonchev–Trinajstić information content (AvgIpc) is 3.32. The SMILES string of the molecule is O=C1OC2(CCC(C(=O)Nc3ccn(-c4ccc(O)cc4F)n3)CC2)c2cnccc21. The summed E-state index contributed by atoms with van der Waals surface area (Å²) >= 11 is 0. The summed E-state index contributed by atoms with van der Waals surface area (Å²) < 4.78 is 21.0. The van der Waals surface area contributed by atoms with E-state index in [2.05, 4.69) is 15.4 Å². The van der Waals surface area contributed by atoms with Crippen LogP contribution in [0.2, 0.25) is 0 Å². The first-order valence-electron chi connectivity index (χ1n) is 9.98. The Hall–Kier alpha value is -3.75. The Kier molecular flexibility index (Phi) is 4.46. The molecule has 1 aliphatic heterocycles. The molecule has 2 N–H and O–H groups in total. The van der Waals surface area contributed by atoms with E-state index in [0.717, 1.165) is 11.6 Å². The van der Waals surface area contributed by atoms with Gasteiger partial charge in [-0.15, -0.1) is 5.10 Å². The molecule has 1 saturated carbocycles. The predicted octanol–water partition coefficient (Wildman–Crippen LogP) is 3.31. The molecule has 5 rings (SSSR count). The molecule has 0 radical (unpaired) electrons. The molecule has 3 heterocycles. The van der Waals surface area contributed by atoms with Crippen LogP contribution in [0.1, 0.15) is 41.6 Å². The molecule has 1 fully saturated rings. The highest BCUT2D eigenvalue weighted by Gasteiger charge is 2.48. The fraction of sp³-hybridized carbons (Fsp3) is 0.273. The highest BCUT2D eigenvalue weighted by Crippen LogP contribution is 2.47. The molecular formula is C22H19FN4O4. The first kappa shape index (κ1) is 19.2. The number of aromatic hydroxyl groups is 1. The monoisotopic (exact) mass is 422 g/mol. The number of fused-ring (bicyclic) bond motifs is 2. The van der Waals surface area contributed by atoms with Gasteiger partial charge in [-0.2, -0.15) is 0 Å². The van der Waals surface area contributed by atoms with Crippen molar-refractivity contribution in [2.75, 3.05) is 5.32 Å². The molecule has 1 amide bonds. The predicted molar refractivity (Wildman–Crippen MR) is 107 cm³/mol. The Morgan fingerprint density at radius 1 is 1.26 bits per heavy atom. The van der Waals surface area contributed by atoms with Gasteiger partial charge in [0.15, 0.2) is 11.6 Å². The number of amides is 1. The topological polar surface area (TPSA) is 106 Å². The number of nitrogens with zero attached hydrogens (tertiary/aromatic N) is 3. The molecule has 31 heavy (non-hydrogen) atoms. The van der Waals surface area contributed by atoms with Crippen molar-refractivity contribution in [3.05, 3.63) is 65.9 Å². The Morgan fingerprint density at radius 3 is 2.84 bits per heavy atom. The fourth-order valence-corrected chi connectivity index (χ4v) is 4.38. The number of rotatable bonds is 3. The number of nitrogens with one attached hydrogen (secondary N) is 1. The average molecular weight is 422 g/mol. The van der Waals surface area contributed by atoms with E-state index in [0.29, 0.717) is 37.1 Å². The van der Waals surface area contributed by atoms with Crippen LogP contribution in [0.15, 0.2) is 48.9 Å². The summed E-state index contributed by atoms with van der Waals surface area (Å²) in [5.41, 5.74) is 0.807. The van der Waals surface area contributed by atoms with Crippen LogP contribution in [-0.2, 0) is 15.1 Å². The van der Waals surface area contributed by atoms with Crippen LogP contribution < -0.4 is 5.32 Å². The Morgan fingerprint density at radius 2 is 2.06 bits per heavy atom. The highest BCUT2D eigenvalue weighted by atomic mass is 19.1. The molecule has 0 atom stereocenters. The summed E-state index contributed by atoms with van der Waals surface area (Å²) in [6, 6.07) is 7.00. The van der Waals surface area contributed by atoms with E-state index in [1.807, 2.05) is 0 Å².